The van der Waals surface area contributed by atoms with Crippen LogP contribution in [0.3, 0.4) is 0 Å². The largest absolute Gasteiger partial charge is 0.384 e. The maximum absolute atomic E-state index is 10.2. The molecule has 0 heterocycles. The van der Waals surface area contributed by atoms with Crippen molar-refractivity contribution in [3.8, 4) is 0 Å². The van der Waals surface area contributed by atoms with Crippen molar-refractivity contribution in [3.63, 3.8) is 0 Å². The highest BCUT2D eigenvalue weighted by Crippen LogP contribution is 2.22. The Hall–Kier alpha value is -0.280. The van der Waals surface area contributed by atoms with Gasteiger partial charge in [-0.3, -0.25) is 0 Å². The Morgan fingerprint density at radius 1 is 1.27 bits per heavy atom. The molecular formula is C11H17Cl2NO. The number of hydrogen-bond acceptors (Lipinski definition) is 2. The normalized spacial score (nSPS) is 14.5. The van der Waals surface area contributed by atoms with Gasteiger partial charge < -0.3 is 10.0 Å². The van der Waals surface area contributed by atoms with Gasteiger partial charge in [0.2, 0.25) is 0 Å². The summed E-state index contributed by atoms with van der Waals surface area (Å²) in [5.74, 6) is 0. The number of nitrogens with zero attached hydrogens (tertiary/aromatic N) is 1. The monoisotopic (exact) mass is 249 g/mol. The number of benzene rings is 1. The molecular weight excluding hydrogens is 233 g/mol. The summed E-state index contributed by atoms with van der Waals surface area (Å²) in [5.41, 5.74) is 0.0595. The van der Waals surface area contributed by atoms with Crippen LogP contribution in [-0.4, -0.2) is 30.6 Å². The zero-order chi connectivity index (χ0) is 10.8. The summed E-state index contributed by atoms with van der Waals surface area (Å²) in [4.78, 5) is 1.95. The van der Waals surface area contributed by atoms with E-state index in [0.29, 0.717) is 11.6 Å². The fraction of sp³-hybridized carbons (Fsp3) is 0.455. The quantitative estimate of drug-likeness (QED) is 0.891. The highest BCUT2D eigenvalue weighted by molar-refractivity contribution is 6.30. The maximum Gasteiger partial charge on any atom is 0.0994 e. The maximum atomic E-state index is 10.2. The molecule has 0 radical (unpaired) electrons. The fourth-order valence-corrected chi connectivity index (χ4v) is 1.64. The number of halogens is 2. The van der Waals surface area contributed by atoms with Gasteiger partial charge in [0.05, 0.1) is 5.60 Å². The molecule has 1 unspecified atom stereocenters. The first-order valence-corrected chi connectivity index (χ1v) is 4.93. The Balaban J connectivity index is 0.00000196. The molecule has 1 N–H and O–H groups in total. The third-order valence-corrected chi connectivity index (χ3v) is 2.34. The van der Waals surface area contributed by atoms with E-state index in [9.17, 15) is 5.11 Å². The highest BCUT2D eigenvalue weighted by Gasteiger charge is 2.23. The first-order chi connectivity index (χ1) is 6.42. The van der Waals surface area contributed by atoms with Crippen LogP contribution in [-0.2, 0) is 5.60 Å². The zero-order valence-corrected chi connectivity index (χ0v) is 10.8. The standard InChI is InChI=1S/C11H16ClNO.ClH/c1-11(14,8-13(2)3)9-4-6-10(12)7-5-9;/h4-7,14H,8H2,1-3H3;1H. The summed E-state index contributed by atoms with van der Waals surface area (Å²) in [7, 11) is 3.87. The molecule has 0 aliphatic heterocycles. The van der Waals surface area contributed by atoms with E-state index in [4.69, 9.17) is 11.6 Å². The third kappa shape index (κ3) is 4.39. The molecule has 1 atom stereocenters. The van der Waals surface area contributed by atoms with E-state index in [-0.39, 0.29) is 12.4 Å². The Morgan fingerprint density at radius 2 is 1.73 bits per heavy atom. The van der Waals surface area contributed by atoms with Gasteiger partial charge in [-0.2, -0.15) is 0 Å². The Kier molecular flexibility index (Phi) is 5.60. The van der Waals surface area contributed by atoms with Gasteiger partial charge in [0.25, 0.3) is 0 Å². The molecule has 0 saturated heterocycles. The molecule has 0 aliphatic rings. The summed E-state index contributed by atoms with van der Waals surface area (Å²) in [6.07, 6.45) is 0. The predicted molar refractivity (Wildman–Crippen MR) is 66.8 cm³/mol. The van der Waals surface area contributed by atoms with Crippen LogP contribution in [0.1, 0.15) is 12.5 Å². The van der Waals surface area contributed by atoms with E-state index in [2.05, 4.69) is 0 Å². The molecule has 1 aromatic rings. The minimum absolute atomic E-state index is 0. The van der Waals surface area contributed by atoms with Crippen LogP contribution in [0.15, 0.2) is 24.3 Å². The lowest BCUT2D eigenvalue weighted by atomic mass is 9.96. The summed E-state index contributed by atoms with van der Waals surface area (Å²) in [5, 5.41) is 10.9. The number of rotatable bonds is 3. The third-order valence-electron chi connectivity index (χ3n) is 2.09. The molecule has 0 aromatic heterocycles. The molecule has 15 heavy (non-hydrogen) atoms. The van der Waals surface area contributed by atoms with Crippen molar-refractivity contribution < 1.29 is 5.11 Å². The summed E-state index contributed by atoms with van der Waals surface area (Å²) in [6.45, 7) is 2.39. The van der Waals surface area contributed by atoms with Gasteiger partial charge in [-0.15, -0.1) is 12.4 Å². The average Bonchev–Trinajstić information content (AvgIpc) is 2.02. The van der Waals surface area contributed by atoms with Crippen LogP contribution in [0.2, 0.25) is 5.02 Å². The SMILES string of the molecule is CN(C)CC(C)(O)c1ccc(Cl)cc1.Cl. The van der Waals surface area contributed by atoms with Crippen LogP contribution < -0.4 is 0 Å². The van der Waals surface area contributed by atoms with Gasteiger partial charge >= 0.3 is 0 Å². The number of hydrogen-bond donors (Lipinski definition) is 1. The van der Waals surface area contributed by atoms with Gasteiger partial charge in [0.1, 0.15) is 0 Å². The van der Waals surface area contributed by atoms with Gasteiger partial charge in [-0.1, -0.05) is 23.7 Å². The van der Waals surface area contributed by atoms with Crippen molar-refractivity contribution in [2.24, 2.45) is 0 Å². The van der Waals surface area contributed by atoms with E-state index < -0.39 is 5.60 Å². The van der Waals surface area contributed by atoms with Gasteiger partial charge in [-0.05, 0) is 38.7 Å². The van der Waals surface area contributed by atoms with E-state index >= 15 is 0 Å². The first kappa shape index (κ1) is 14.7. The van der Waals surface area contributed by atoms with E-state index in [1.807, 2.05) is 31.1 Å². The van der Waals surface area contributed by atoms with Crippen LogP contribution in [0, 0.1) is 0 Å². The molecule has 2 nitrogen and oxygen atoms in total. The van der Waals surface area contributed by atoms with Crippen molar-refractivity contribution in [1.29, 1.82) is 0 Å². The smallest absolute Gasteiger partial charge is 0.0994 e. The Morgan fingerprint density at radius 3 is 2.13 bits per heavy atom. The molecule has 1 rings (SSSR count). The molecule has 86 valence electrons. The summed E-state index contributed by atoms with van der Waals surface area (Å²) >= 11 is 5.78. The topological polar surface area (TPSA) is 23.5 Å². The van der Waals surface area contributed by atoms with Gasteiger partial charge in [0, 0.05) is 11.6 Å². The Bertz CT molecular complexity index is 296. The minimum atomic E-state index is -0.825. The van der Waals surface area contributed by atoms with Crippen LogP contribution in [0.4, 0.5) is 0 Å². The molecule has 0 amide bonds. The van der Waals surface area contributed by atoms with E-state index in [0.717, 1.165) is 5.56 Å². The van der Waals surface area contributed by atoms with Crippen molar-refractivity contribution in [2.75, 3.05) is 20.6 Å². The van der Waals surface area contributed by atoms with Crippen molar-refractivity contribution in [3.05, 3.63) is 34.9 Å². The van der Waals surface area contributed by atoms with Crippen molar-refractivity contribution in [2.45, 2.75) is 12.5 Å². The molecule has 4 heteroatoms. The molecule has 0 spiro atoms. The summed E-state index contributed by atoms with van der Waals surface area (Å²) in [6, 6.07) is 7.29. The molecule has 0 aliphatic carbocycles. The van der Waals surface area contributed by atoms with Crippen LogP contribution in [0.25, 0.3) is 0 Å². The number of likely N-dealkylation sites (N-methyl/N-ethyl adjacent to an activating group) is 1. The van der Waals surface area contributed by atoms with Crippen LogP contribution >= 0.6 is 24.0 Å². The summed E-state index contributed by atoms with van der Waals surface area (Å²) < 4.78 is 0. The molecule has 0 saturated carbocycles. The highest BCUT2D eigenvalue weighted by atomic mass is 35.5. The number of aliphatic hydroxyl groups is 1. The molecule has 1 aromatic carbocycles. The van der Waals surface area contributed by atoms with E-state index in [1.165, 1.54) is 0 Å². The van der Waals surface area contributed by atoms with Crippen molar-refractivity contribution in [1.82, 2.24) is 4.90 Å². The average molecular weight is 250 g/mol. The van der Waals surface area contributed by atoms with Gasteiger partial charge in [-0.25, -0.2) is 0 Å². The lowest BCUT2D eigenvalue weighted by molar-refractivity contribution is 0.0300. The fourth-order valence-electron chi connectivity index (χ4n) is 1.52. The predicted octanol–water partition coefficient (Wildman–Crippen LogP) is 2.53. The lowest BCUT2D eigenvalue weighted by Crippen LogP contribution is -2.34. The Labute approximate surface area is 102 Å². The second-order valence-electron chi connectivity index (χ2n) is 4.02. The lowest BCUT2D eigenvalue weighted by Gasteiger charge is -2.27. The van der Waals surface area contributed by atoms with Crippen molar-refractivity contribution >= 4 is 24.0 Å². The van der Waals surface area contributed by atoms with Crippen LogP contribution in [0.5, 0.6) is 0 Å². The second kappa shape index (κ2) is 5.71. The zero-order valence-electron chi connectivity index (χ0n) is 9.20. The van der Waals surface area contributed by atoms with E-state index in [1.54, 1.807) is 19.1 Å². The molecule has 0 fully saturated rings. The minimum Gasteiger partial charge on any atom is -0.384 e. The first-order valence-electron chi connectivity index (χ1n) is 4.55. The second-order valence-corrected chi connectivity index (χ2v) is 4.45. The van der Waals surface area contributed by atoms with Gasteiger partial charge in [0.15, 0.2) is 0 Å². The molecule has 0 bridgehead atoms.